The lowest BCUT2D eigenvalue weighted by Crippen LogP contribution is -2.46. The topological polar surface area (TPSA) is 93.4 Å². The van der Waals surface area contributed by atoms with Gasteiger partial charge in [-0.25, -0.2) is 4.98 Å². The predicted molar refractivity (Wildman–Crippen MR) is 95.0 cm³/mol. The molecule has 8 heteroatoms. The molecule has 4 rings (SSSR count). The lowest BCUT2D eigenvalue weighted by Gasteiger charge is -2.26. The molecule has 2 unspecified atom stereocenters. The number of halogens is 1. The molecule has 1 aromatic heterocycles. The summed E-state index contributed by atoms with van der Waals surface area (Å²) in [7, 11) is 0. The van der Waals surface area contributed by atoms with E-state index in [4.69, 9.17) is 22.1 Å². The quantitative estimate of drug-likeness (QED) is 0.812. The van der Waals surface area contributed by atoms with Crippen LogP contribution in [0.3, 0.4) is 0 Å². The number of nitrogens with zero attached hydrogens (tertiary/aromatic N) is 3. The highest BCUT2D eigenvalue weighted by Gasteiger charge is 2.33. The molecule has 1 saturated heterocycles. The average Bonchev–Trinajstić information content (AvgIpc) is 2.93. The molecule has 1 fully saturated rings. The largest absolute Gasteiger partial charge is 0.370 e. The summed E-state index contributed by atoms with van der Waals surface area (Å²) in [6.07, 6.45) is 0.799. The summed E-state index contributed by atoms with van der Waals surface area (Å²) in [6.45, 7) is 1.41. The van der Waals surface area contributed by atoms with Crippen LogP contribution in [0.2, 0.25) is 5.15 Å². The van der Waals surface area contributed by atoms with Gasteiger partial charge in [-0.3, -0.25) is 4.79 Å². The molecule has 0 spiro atoms. The number of nitrogen functional groups attached to an aromatic ring is 1. The Kier molecular flexibility index (Phi) is 4.19. The first kappa shape index (κ1) is 16.1. The summed E-state index contributed by atoms with van der Waals surface area (Å²) in [5.74, 6) is 1.01. The van der Waals surface area contributed by atoms with Crippen molar-refractivity contribution in [3.8, 4) is 0 Å². The standard InChI is InChI=1S/C17H18ClN5O2/c18-14-6-15(22-17(19)21-14)23-7-10(12-3-1-2-4-13(12)23)5-11-8-25-9-16(24)20-11/h1-4,6,10-11H,5,7-9H2,(H,20,24)(H2,19,21,22). The number of fused-ring (bicyclic) bond motifs is 1. The monoisotopic (exact) mass is 359 g/mol. The lowest BCUT2D eigenvalue weighted by atomic mass is 9.94. The molecule has 1 amide bonds. The number of ether oxygens (including phenoxy) is 1. The zero-order valence-corrected chi connectivity index (χ0v) is 14.2. The first-order valence-electron chi connectivity index (χ1n) is 8.14. The summed E-state index contributed by atoms with van der Waals surface area (Å²) >= 11 is 6.04. The number of morpholine rings is 1. The normalized spacial score (nSPS) is 22.6. The number of rotatable bonds is 3. The van der Waals surface area contributed by atoms with E-state index < -0.39 is 0 Å². The van der Waals surface area contributed by atoms with E-state index in [-0.39, 0.29) is 30.4 Å². The van der Waals surface area contributed by atoms with E-state index in [0.717, 1.165) is 18.7 Å². The van der Waals surface area contributed by atoms with Gasteiger partial charge in [-0.05, 0) is 18.1 Å². The van der Waals surface area contributed by atoms with Gasteiger partial charge in [0.05, 0.1) is 12.6 Å². The molecule has 0 bridgehead atoms. The number of carbonyl (C=O) groups is 1. The molecule has 25 heavy (non-hydrogen) atoms. The molecule has 2 aliphatic heterocycles. The van der Waals surface area contributed by atoms with E-state index in [9.17, 15) is 4.79 Å². The number of anilines is 3. The second kappa shape index (κ2) is 6.50. The Morgan fingerprint density at radius 3 is 3.00 bits per heavy atom. The highest BCUT2D eigenvalue weighted by Crippen LogP contribution is 2.42. The molecule has 3 N–H and O–H groups in total. The molecule has 0 radical (unpaired) electrons. The van der Waals surface area contributed by atoms with Crippen molar-refractivity contribution in [1.82, 2.24) is 15.3 Å². The van der Waals surface area contributed by atoms with Crippen LogP contribution in [0.5, 0.6) is 0 Å². The zero-order chi connectivity index (χ0) is 17.4. The fraction of sp³-hybridized carbons (Fsp3) is 0.353. The second-order valence-electron chi connectivity index (χ2n) is 6.29. The van der Waals surface area contributed by atoms with Gasteiger partial charge in [0.1, 0.15) is 17.6 Å². The Labute approximate surface area is 150 Å². The van der Waals surface area contributed by atoms with Crippen LogP contribution in [-0.2, 0) is 9.53 Å². The Balaban J connectivity index is 1.62. The number of hydrogen-bond acceptors (Lipinski definition) is 6. The Hall–Kier alpha value is -2.38. The summed E-state index contributed by atoms with van der Waals surface area (Å²) in [5, 5.41) is 3.31. The fourth-order valence-electron chi connectivity index (χ4n) is 3.55. The van der Waals surface area contributed by atoms with Gasteiger partial charge in [0.2, 0.25) is 11.9 Å². The van der Waals surface area contributed by atoms with Crippen molar-refractivity contribution in [3.63, 3.8) is 0 Å². The molecular weight excluding hydrogens is 342 g/mol. The van der Waals surface area contributed by atoms with Gasteiger partial charge in [0.15, 0.2) is 0 Å². The molecule has 2 aromatic rings. The van der Waals surface area contributed by atoms with E-state index in [1.54, 1.807) is 6.07 Å². The van der Waals surface area contributed by atoms with Gasteiger partial charge in [0.25, 0.3) is 0 Å². The van der Waals surface area contributed by atoms with Gasteiger partial charge in [-0.1, -0.05) is 29.8 Å². The number of para-hydroxylation sites is 1. The molecular formula is C17H18ClN5O2. The molecule has 0 saturated carbocycles. The van der Waals surface area contributed by atoms with Crippen molar-refractivity contribution >= 4 is 35.0 Å². The number of nitrogens with two attached hydrogens (primary N) is 1. The molecule has 1 aromatic carbocycles. The van der Waals surface area contributed by atoms with E-state index in [1.165, 1.54) is 5.56 Å². The van der Waals surface area contributed by atoms with E-state index in [1.807, 2.05) is 12.1 Å². The van der Waals surface area contributed by atoms with Gasteiger partial charge in [-0.2, -0.15) is 4.98 Å². The van der Waals surface area contributed by atoms with Crippen LogP contribution in [0.4, 0.5) is 17.5 Å². The second-order valence-corrected chi connectivity index (χ2v) is 6.68. The Bertz CT molecular complexity index is 795. The fourth-order valence-corrected chi connectivity index (χ4v) is 3.73. The number of amides is 1. The molecule has 7 nitrogen and oxygen atoms in total. The number of hydrogen-bond donors (Lipinski definition) is 2. The minimum absolute atomic E-state index is 0.0123. The van der Waals surface area contributed by atoms with Crippen molar-refractivity contribution in [2.75, 3.05) is 30.4 Å². The van der Waals surface area contributed by atoms with Crippen LogP contribution in [0, 0.1) is 0 Å². The third-order valence-electron chi connectivity index (χ3n) is 4.53. The Morgan fingerprint density at radius 1 is 1.36 bits per heavy atom. The van der Waals surface area contributed by atoms with Gasteiger partial charge >= 0.3 is 0 Å². The third kappa shape index (κ3) is 3.25. The smallest absolute Gasteiger partial charge is 0.246 e. The number of benzene rings is 1. The SMILES string of the molecule is Nc1nc(Cl)cc(N2CC(CC3COCC(=O)N3)c3ccccc32)n1. The van der Waals surface area contributed by atoms with Crippen molar-refractivity contribution in [2.45, 2.75) is 18.4 Å². The number of aromatic nitrogens is 2. The lowest BCUT2D eigenvalue weighted by molar-refractivity contribution is -0.131. The predicted octanol–water partition coefficient (Wildman–Crippen LogP) is 1.85. The number of nitrogens with one attached hydrogen (secondary N) is 1. The maximum Gasteiger partial charge on any atom is 0.246 e. The van der Waals surface area contributed by atoms with Crippen molar-refractivity contribution in [3.05, 3.63) is 41.0 Å². The minimum Gasteiger partial charge on any atom is -0.370 e. The summed E-state index contributed by atoms with van der Waals surface area (Å²) in [4.78, 5) is 21.9. The zero-order valence-electron chi connectivity index (χ0n) is 13.5. The number of carbonyl (C=O) groups excluding carboxylic acids is 1. The van der Waals surface area contributed by atoms with E-state index >= 15 is 0 Å². The van der Waals surface area contributed by atoms with Gasteiger partial charge < -0.3 is 20.7 Å². The van der Waals surface area contributed by atoms with Crippen LogP contribution < -0.4 is 16.0 Å². The van der Waals surface area contributed by atoms with Crippen molar-refractivity contribution < 1.29 is 9.53 Å². The van der Waals surface area contributed by atoms with Crippen molar-refractivity contribution in [2.24, 2.45) is 0 Å². The first-order valence-corrected chi connectivity index (χ1v) is 8.51. The summed E-state index contributed by atoms with van der Waals surface area (Å²) in [6, 6.07) is 9.90. The van der Waals surface area contributed by atoms with Crippen LogP contribution in [-0.4, -0.2) is 41.7 Å². The summed E-state index contributed by atoms with van der Waals surface area (Å²) < 4.78 is 5.36. The van der Waals surface area contributed by atoms with Gasteiger partial charge in [0, 0.05) is 24.2 Å². The molecule has 130 valence electrons. The average molecular weight is 360 g/mol. The van der Waals surface area contributed by atoms with Crippen LogP contribution in [0.25, 0.3) is 0 Å². The van der Waals surface area contributed by atoms with E-state index in [0.29, 0.717) is 17.6 Å². The first-order chi connectivity index (χ1) is 12.1. The van der Waals surface area contributed by atoms with E-state index in [2.05, 4.69) is 32.3 Å². The van der Waals surface area contributed by atoms with Crippen molar-refractivity contribution in [1.29, 1.82) is 0 Å². The van der Waals surface area contributed by atoms with Crippen LogP contribution in [0.15, 0.2) is 30.3 Å². The van der Waals surface area contributed by atoms with Gasteiger partial charge in [-0.15, -0.1) is 0 Å². The van der Waals surface area contributed by atoms with Crippen LogP contribution in [0.1, 0.15) is 17.9 Å². The maximum atomic E-state index is 11.6. The molecule has 2 atom stereocenters. The molecule has 2 aliphatic rings. The highest BCUT2D eigenvalue weighted by atomic mass is 35.5. The Morgan fingerprint density at radius 2 is 2.20 bits per heavy atom. The summed E-state index contributed by atoms with van der Waals surface area (Å²) in [5.41, 5.74) is 8.04. The molecule has 0 aliphatic carbocycles. The highest BCUT2D eigenvalue weighted by molar-refractivity contribution is 6.29. The van der Waals surface area contributed by atoms with Crippen LogP contribution >= 0.6 is 11.6 Å². The third-order valence-corrected chi connectivity index (χ3v) is 4.73. The molecule has 3 heterocycles. The maximum absolute atomic E-state index is 11.6. The minimum atomic E-state index is -0.0604.